The molecule has 16 heavy (non-hydrogen) atoms. The van der Waals surface area contributed by atoms with Gasteiger partial charge in [0.15, 0.2) is 6.10 Å². The topological polar surface area (TPSA) is 115 Å². The van der Waals surface area contributed by atoms with Crippen molar-refractivity contribution < 1.29 is 30.0 Å². The Labute approximate surface area is 94.5 Å². The minimum Gasteiger partial charge on any atom is -0.481 e. The van der Waals surface area contributed by atoms with Crippen LogP contribution in [0.4, 0.5) is 0 Å². The molecule has 6 heteroatoms. The Morgan fingerprint density at radius 1 is 1.19 bits per heavy atom. The highest BCUT2D eigenvalue weighted by molar-refractivity contribution is 5.71. The van der Waals surface area contributed by atoms with Crippen LogP contribution in [0.3, 0.4) is 0 Å². The molecule has 0 saturated carbocycles. The fourth-order valence-corrected chi connectivity index (χ4v) is 0.774. The molecule has 0 aromatic heterocycles. The number of aliphatic hydroxyl groups excluding tert-OH is 2. The normalized spacial score (nSPS) is 13.2. The summed E-state index contributed by atoms with van der Waals surface area (Å²) >= 11 is 0. The molecule has 0 saturated heterocycles. The van der Waals surface area contributed by atoms with Crippen LogP contribution in [-0.4, -0.2) is 44.6 Å². The minimum absolute atomic E-state index is 0.167. The van der Waals surface area contributed by atoms with Gasteiger partial charge in [-0.25, -0.2) is 4.79 Å². The van der Waals surface area contributed by atoms with E-state index in [9.17, 15) is 9.59 Å². The molecule has 4 N–H and O–H groups in total. The minimum atomic E-state index is -1.16. The zero-order valence-corrected chi connectivity index (χ0v) is 9.59. The fourth-order valence-electron chi connectivity index (χ4n) is 0.774. The summed E-state index contributed by atoms with van der Waals surface area (Å²) in [5.41, 5.74) is 0. The summed E-state index contributed by atoms with van der Waals surface area (Å²) in [7, 11) is 0. The molecule has 0 spiro atoms. The van der Waals surface area contributed by atoms with E-state index in [4.69, 9.17) is 20.4 Å². The average Bonchev–Trinajstić information content (AvgIpc) is 2.12. The van der Waals surface area contributed by atoms with Gasteiger partial charge in [-0.15, -0.1) is 0 Å². The van der Waals surface area contributed by atoms with E-state index in [0.717, 1.165) is 12.8 Å². The van der Waals surface area contributed by atoms with Gasteiger partial charge >= 0.3 is 11.9 Å². The van der Waals surface area contributed by atoms with Crippen molar-refractivity contribution in [3.8, 4) is 0 Å². The summed E-state index contributed by atoms with van der Waals surface area (Å²) in [4.78, 5) is 19.6. The maximum atomic E-state index is 9.96. The second-order valence-corrected chi connectivity index (χ2v) is 3.44. The summed E-state index contributed by atoms with van der Waals surface area (Å²) in [5, 5.41) is 33.1. The summed E-state index contributed by atoms with van der Waals surface area (Å²) in [5.74, 6) is -2.08. The number of aliphatic carboxylic acids is 2. The first-order chi connectivity index (χ1) is 7.31. The van der Waals surface area contributed by atoms with Crippen LogP contribution in [0.1, 0.15) is 39.5 Å². The maximum Gasteiger partial charge on any atom is 0.332 e. The van der Waals surface area contributed by atoms with Gasteiger partial charge in [0, 0.05) is 0 Å². The van der Waals surface area contributed by atoms with Crippen molar-refractivity contribution >= 4 is 11.9 Å². The molecule has 2 unspecified atom stereocenters. The monoisotopic (exact) mass is 236 g/mol. The van der Waals surface area contributed by atoms with Crippen molar-refractivity contribution in [3.05, 3.63) is 0 Å². The van der Waals surface area contributed by atoms with Gasteiger partial charge in [-0.2, -0.15) is 0 Å². The van der Waals surface area contributed by atoms with E-state index in [0.29, 0.717) is 6.42 Å². The molecule has 0 rings (SSSR count). The molecule has 0 aromatic carbocycles. The van der Waals surface area contributed by atoms with Crippen molar-refractivity contribution in [2.24, 2.45) is 0 Å². The highest BCUT2D eigenvalue weighted by atomic mass is 16.4. The smallest absolute Gasteiger partial charge is 0.332 e. The van der Waals surface area contributed by atoms with Crippen LogP contribution in [0.15, 0.2) is 0 Å². The molecule has 96 valence electrons. The molecular formula is C10H20O6. The summed E-state index contributed by atoms with van der Waals surface area (Å²) in [6.07, 6.45) is 0.00588. The lowest BCUT2D eigenvalue weighted by molar-refractivity contribution is -0.147. The standard InChI is InChI=1S/C6H12O3.C4H8O3/c1-2-3-4-5(7)6(8)9;1-3(5)2-4(6)7/h5,7H,2-4H2,1H3,(H,8,9);3,5H,2H2,1H3,(H,6,7). The zero-order valence-electron chi connectivity index (χ0n) is 9.59. The van der Waals surface area contributed by atoms with E-state index >= 15 is 0 Å². The Hall–Kier alpha value is -1.14. The van der Waals surface area contributed by atoms with Crippen LogP contribution < -0.4 is 0 Å². The molecule has 0 aliphatic rings. The van der Waals surface area contributed by atoms with Gasteiger partial charge in [0.2, 0.25) is 0 Å². The first-order valence-corrected chi connectivity index (χ1v) is 5.12. The number of hydrogen-bond donors (Lipinski definition) is 4. The Kier molecular flexibility index (Phi) is 11.2. The van der Waals surface area contributed by atoms with Crippen LogP contribution in [-0.2, 0) is 9.59 Å². The third-order valence-corrected chi connectivity index (χ3v) is 1.59. The molecule has 6 nitrogen and oxygen atoms in total. The predicted octanol–water partition coefficient (Wildman–Crippen LogP) is 0.464. The lowest BCUT2D eigenvalue weighted by Gasteiger charge is -2.01. The average molecular weight is 236 g/mol. The molecule has 0 fully saturated rings. The highest BCUT2D eigenvalue weighted by Gasteiger charge is 2.10. The van der Waals surface area contributed by atoms with Crippen molar-refractivity contribution in [2.45, 2.75) is 51.7 Å². The second kappa shape index (κ2) is 10.4. The molecular weight excluding hydrogens is 216 g/mol. The molecule has 0 aromatic rings. The Morgan fingerprint density at radius 3 is 1.88 bits per heavy atom. The number of unbranched alkanes of at least 4 members (excludes halogenated alkanes) is 1. The van der Waals surface area contributed by atoms with E-state index < -0.39 is 24.1 Å². The summed E-state index contributed by atoms with van der Waals surface area (Å²) in [6.45, 7) is 3.39. The number of carboxylic acid groups (broad SMARTS) is 2. The van der Waals surface area contributed by atoms with Crippen LogP contribution >= 0.6 is 0 Å². The Morgan fingerprint density at radius 2 is 1.69 bits per heavy atom. The number of rotatable bonds is 6. The van der Waals surface area contributed by atoms with Gasteiger partial charge in [-0.3, -0.25) is 4.79 Å². The Balaban J connectivity index is 0. The second-order valence-electron chi connectivity index (χ2n) is 3.44. The molecule has 0 radical (unpaired) electrons. The fraction of sp³-hybridized carbons (Fsp3) is 0.800. The van der Waals surface area contributed by atoms with Crippen LogP contribution in [0.5, 0.6) is 0 Å². The van der Waals surface area contributed by atoms with Gasteiger partial charge in [0.25, 0.3) is 0 Å². The van der Waals surface area contributed by atoms with Crippen molar-refractivity contribution in [1.29, 1.82) is 0 Å². The number of aliphatic hydroxyl groups is 2. The van der Waals surface area contributed by atoms with Crippen molar-refractivity contribution in [2.75, 3.05) is 0 Å². The predicted molar refractivity (Wildman–Crippen MR) is 57.1 cm³/mol. The first kappa shape index (κ1) is 17.3. The van der Waals surface area contributed by atoms with E-state index in [1.165, 1.54) is 6.92 Å². The van der Waals surface area contributed by atoms with Crippen LogP contribution in [0.25, 0.3) is 0 Å². The van der Waals surface area contributed by atoms with Gasteiger partial charge in [-0.1, -0.05) is 19.8 Å². The van der Waals surface area contributed by atoms with Gasteiger partial charge in [-0.05, 0) is 13.3 Å². The molecule has 0 amide bonds. The van der Waals surface area contributed by atoms with E-state index in [1.807, 2.05) is 6.92 Å². The molecule has 0 bridgehead atoms. The molecule has 0 heterocycles. The molecule has 0 aliphatic carbocycles. The molecule has 2 atom stereocenters. The van der Waals surface area contributed by atoms with Gasteiger partial charge < -0.3 is 20.4 Å². The van der Waals surface area contributed by atoms with Gasteiger partial charge in [0.05, 0.1) is 12.5 Å². The number of hydrogen-bond acceptors (Lipinski definition) is 4. The largest absolute Gasteiger partial charge is 0.481 e. The van der Waals surface area contributed by atoms with E-state index in [2.05, 4.69) is 0 Å². The third-order valence-electron chi connectivity index (χ3n) is 1.59. The SMILES string of the molecule is CC(O)CC(=O)O.CCCCC(O)C(=O)O. The first-order valence-electron chi connectivity index (χ1n) is 5.12. The third kappa shape index (κ3) is 15.3. The van der Waals surface area contributed by atoms with E-state index in [-0.39, 0.29) is 6.42 Å². The lowest BCUT2D eigenvalue weighted by Crippen LogP contribution is -2.18. The van der Waals surface area contributed by atoms with Crippen molar-refractivity contribution in [1.82, 2.24) is 0 Å². The summed E-state index contributed by atoms with van der Waals surface area (Å²) in [6, 6.07) is 0. The van der Waals surface area contributed by atoms with Crippen molar-refractivity contribution in [3.63, 3.8) is 0 Å². The molecule has 0 aliphatic heterocycles. The van der Waals surface area contributed by atoms with E-state index in [1.54, 1.807) is 0 Å². The lowest BCUT2D eigenvalue weighted by atomic mass is 10.2. The van der Waals surface area contributed by atoms with Gasteiger partial charge in [0.1, 0.15) is 0 Å². The Bertz CT molecular complexity index is 201. The van der Waals surface area contributed by atoms with Crippen LogP contribution in [0.2, 0.25) is 0 Å². The quantitative estimate of drug-likeness (QED) is 0.532. The number of carboxylic acids is 2. The maximum absolute atomic E-state index is 9.96. The van der Waals surface area contributed by atoms with Crippen LogP contribution in [0, 0.1) is 0 Å². The number of carbonyl (C=O) groups is 2. The zero-order chi connectivity index (χ0) is 13.1. The highest BCUT2D eigenvalue weighted by Crippen LogP contribution is 1.99. The summed E-state index contributed by atoms with van der Waals surface area (Å²) < 4.78 is 0.